The molecule has 0 saturated carbocycles. The van der Waals surface area contributed by atoms with E-state index in [1.165, 1.54) is 18.5 Å². The van der Waals surface area contributed by atoms with Gasteiger partial charge in [0.1, 0.15) is 0 Å². The number of hydrogen-bond acceptors (Lipinski definition) is 4. The average Bonchev–Trinajstić information content (AvgIpc) is 1.85. The van der Waals surface area contributed by atoms with Gasteiger partial charge < -0.3 is 0 Å². The van der Waals surface area contributed by atoms with Crippen LogP contribution in [0.25, 0.3) is 0 Å². The molecule has 0 saturated heterocycles. The van der Waals surface area contributed by atoms with Gasteiger partial charge in [0, 0.05) is 0 Å². The third kappa shape index (κ3) is 4.50. The van der Waals surface area contributed by atoms with Crippen molar-refractivity contribution in [2.45, 2.75) is 12.5 Å². The van der Waals surface area contributed by atoms with Crippen molar-refractivity contribution in [3.63, 3.8) is 0 Å². The zero-order valence-electron chi connectivity index (χ0n) is 4.81. The van der Waals surface area contributed by atoms with E-state index >= 15 is 0 Å². The Morgan fingerprint density at radius 2 is 2.20 bits per heavy atom. The molecule has 1 N–H and O–H groups in total. The fourth-order valence-corrected chi connectivity index (χ4v) is 1.49. The molecule has 0 fully saturated rings. The Balaban J connectivity index is 3.72. The van der Waals surface area contributed by atoms with Crippen LogP contribution in [0.15, 0.2) is 0 Å². The van der Waals surface area contributed by atoms with E-state index in [1.54, 1.807) is 0 Å². The van der Waals surface area contributed by atoms with Crippen LogP contribution in [0.4, 0.5) is 0 Å². The molecule has 1 unspecified atom stereocenters. The van der Waals surface area contributed by atoms with Crippen molar-refractivity contribution < 1.29 is 33.2 Å². The summed E-state index contributed by atoms with van der Waals surface area (Å²) < 4.78 is 0. The molecule has 0 aromatic rings. The summed E-state index contributed by atoms with van der Waals surface area (Å²) in [4.78, 5) is 20.8. The van der Waals surface area contributed by atoms with Crippen LogP contribution in [-0.4, -0.2) is 21.4 Å². The van der Waals surface area contributed by atoms with Crippen LogP contribution in [0.5, 0.6) is 0 Å². The molecule has 0 bridgehead atoms. The molecule has 0 aliphatic rings. The van der Waals surface area contributed by atoms with Crippen molar-refractivity contribution in [3.8, 4) is 0 Å². The number of aliphatic hydroxyl groups is 1. The van der Waals surface area contributed by atoms with Gasteiger partial charge in [-0.2, -0.15) is 0 Å². The van der Waals surface area contributed by atoms with E-state index in [-0.39, 0.29) is 6.42 Å². The molecule has 0 aromatic carbocycles. The molecule has 0 radical (unpaired) electrons. The third-order valence-electron chi connectivity index (χ3n) is 0.722. The quantitative estimate of drug-likeness (QED) is 0.551. The first-order chi connectivity index (χ1) is 4.57. The van der Waals surface area contributed by atoms with Gasteiger partial charge in [-0.05, 0) is 0 Å². The summed E-state index contributed by atoms with van der Waals surface area (Å²) >= 11 is 4.90. The van der Waals surface area contributed by atoms with Crippen molar-refractivity contribution >= 4 is 32.3 Å². The Kier molecular flexibility index (Phi) is 5.72. The maximum absolute atomic E-state index is 10.6. The summed E-state index contributed by atoms with van der Waals surface area (Å²) in [5, 5.41) is 7.98. The molecule has 0 rings (SSSR count). The van der Waals surface area contributed by atoms with E-state index in [4.69, 9.17) is 5.11 Å². The summed E-state index contributed by atoms with van der Waals surface area (Å²) in [7, 11) is 0.910. The number of rotatable bonds is 3. The molecular formula is C4H5MoO3S2. The zero-order chi connectivity index (χ0) is 8.15. The SMILES string of the molecule is O=C(S)CC(O)C(=O)[S][Mo]. The molecule has 3 nitrogen and oxygen atoms in total. The van der Waals surface area contributed by atoms with Crippen molar-refractivity contribution in [3.05, 3.63) is 0 Å². The molecule has 0 amide bonds. The molecule has 0 aliphatic heterocycles. The Morgan fingerprint density at radius 1 is 1.70 bits per heavy atom. The van der Waals surface area contributed by atoms with Gasteiger partial charge in [-0.1, -0.05) is 0 Å². The van der Waals surface area contributed by atoms with Crippen LogP contribution in [-0.2, 0) is 28.1 Å². The normalized spacial score (nSPS) is 12.6. The first-order valence-electron chi connectivity index (χ1n) is 2.31. The van der Waals surface area contributed by atoms with Crippen LogP contribution in [0.1, 0.15) is 6.42 Å². The fraction of sp³-hybridized carbons (Fsp3) is 0.500. The van der Waals surface area contributed by atoms with Gasteiger partial charge >= 0.3 is 78.1 Å². The van der Waals surface area contributed by atoms with Gasteiger partial charge in [-0.3, -0.25) is 0 Å². The number of thiol groups is 1. The van der Waals surface area contributed by atoms with E-state index in [0.29, 0.717) is 0 Å². The van der Waals surface area contributed by atoms with Crippen LogP contribution < -0.4 is 0 Å². The van der Waals surface area contributed by atoms with Crippen LogP contribution in [0, 0.1) is 0 Å². The fourth-order valence-electron chi connectivity index (χ4n) is 0.304. The van der Waals surface area contributed by atoms with Gasteiger partial charge in [-0.25, -0.2) is 0 Å². The van der Waals surface area contributed by atoms with Gasteiger partial charge in [0.25, 0.3) is 0 Å². The van der Waals surface area contributed by atoms with Gasteiger partial charge in [0.2, 0.25) is 0 Å². The van der Waals surface area contributed by atoms with Crippen LogP contribution >= 0.6 is 22.1 Å². The molecular weight excluding hydrogens is 256 g/mol. The molecule has 10 heavy (non-hydrogen) atoms. The summed E-state index contributed by atoms with van der Waals surface area (Å²) in [5.74, 6) is 0. The van der Waals surface area contributed by atoms with Gasteiger partial charge in [-0.15, -0.1) is 0 Å². The molecule has 0 aromatic heterocycles. The van der Waals surface area contributed by atoms with Gasteiger partial charge in [0.15, 0.2) is 0 Å². The van der Waals surface area contributed by atoms with Gasteiger partial charge in [0.05, 0.1) is 0 Å². The summed E-state index contributed by atoms with van der Waals surface area (Å²) in [6.07, 6.45) is -1.40. The van der Waals surface area contributed by atoms with Crippen molar-refractivity contribution in [1.29, 1.82) is 0 Å². The molecule has 0 spiro atoms. The molecule has 1 atom stereocenters. The standard InChI is InChI=1S/C4H6O3S2.Mo/c5-2(4(7)9)1-3(6)8;/h2,5H,1H2,(H,6,8)(H,7,9);/q;+1/p-1. The monoisotopic (exact) mass is 263 g/mol. The molecule has 6 heteroatoms. The second-order valence-corrected chi connectivity index (χ2v) is 3.81. The van der Waals surface area contributed by atoms with E-state index in [1.807, 2.05) is 0 Å². The predicted octanol–water partition coefficient (Wildman–Crippen LogP) is -0.0846. The van der Waals surface area contributed by atoms with Crippen molar-refractivity contribution in [2.75, 3.05) is 0 Å². The maximum atomic E-state index is 10.6. The summed E-state index contributed by atoms with van der Waals surface area (Å²) in [6, 6.07) is 0. The molecule has 57 valence electrons. The van der Waals surface area contributed by atoms with Crippen molar-refractivity contribution in [1.82, 2.24) is 0 Å². The molecule has 0 heterocycles. The Hall–Kier alpha value is 0.688. The first-order valence-corrected chi connectivity index (χ1v) is 5.96. The predicted molar refractivity (Wildman–Crippen MR) is 37.2 cm³/mol. The summed E-state index contributed by atoms with van der Waals surface area (Å²) in [5.41, 5.74) is 0. The Labute approximate surface area is 78.0 Å². The number of hydrogen-bond donors (Lipinski definition) is 2. The molecule has 0 aliphatic carbocycles. The average molecular weight is 261 g/mol. The van der Waals surface area contributed by atoms with E-state index in [0.717, 1.165) is 9.47 Å². The van der Waals surface area contributed by atoms with E-state index in [9.17, 15) is 9.59 Å². The number of aliphatic hydroxyl groups excluding tert-OH is 1. The first kappa shape index (κ1) is 10.7. The summed E-state index contributed by atoms with van der Waals surface area (Å²) in [6.45, 7) is 0. The van der Waals surface area contributed by atoms with Crippen LogP contribution in [0.2, 0.25) is 0 Å². The zero-order valence-corrected chi connectivity index (χ0v) is 8.53. The Morgan fingerprint density at radius 3 is 2.50 bits per heavy atom. The topological polar surface area (TPSA) is 54.4 Å². The second kappa shape index (κ2) is 5.35. The van der Waals surface area contributed by atoms with Crippen molar-refractivity contribution in [2.24, 2.45) is 0 Å². The van der Waals surface area contributed by atoms with Crippen LogP contribution in [0.3, 0.4) is 0 Å². The Bertz CT molecular complexity index is 149. The van der Waals surface area contributed by atoms with E-state index in [2.05, 4.69) is 12.6 Å². The number of carbonyl (C=O) groups excluding carboxylic acids is 2. The number of carbonyl (C=O) groups is 2. The minimum atomic E-state index is -1.19. The third-order valence-corrected chi connectivity index (χ3v) is 2.55. The second-order valence-electron chi connectivity index (χ2n) is 1.52. The van der Waals surface area contributed by atoms with E-state index < -0.39 is 16.3 Å². The minimum absolute atomic E-state index is 0.204.